The minimum absolute atomic E-state index is 0.0318. The fourth-order valence-electron chi connectivity index (χ4n) is 3.20. The molecule has 156 valence electrons. The highest BCUT2D eigenvalue weighted by molar-refractivity contribution is 7.89. The molecule has 0 spiro atoms. The second kappa shape index (κ2) is 8.79. The van der Waals surface area contributed by atoms with Crippen LogP contribution in [0.25, 0.3) is 0 Å². The zero-order chi connectivity index (χ0) is 21.2. The molecule has 1 atom stereocenters. The first-order chi connectivity index (χ1) is 13.8. The number of benzene rings is 2. The molecule has 1 aliphatic heterocycles. The quantitative estimate of drug-likeness (QED) is 0.711. The van der Waals surface area contributed by atoms with Gasteiger partial charge in [0, 0.05) is 18.3 Å². The smallest absolute Gasteiger partial charge is 0.243 e. The molecule has 29 heavy (non-hydrogen) atoms. The van der Waals surface area contributed by atoms with Crippen molar-refractivity contribution in [2.45, 2.75) is 23.8 Å². The van der Waals surface area contributed by atoms with Gasteiger partial charge >= 0.3 is 0 Å². The van der Waals surface area contributed by atoms with E-state index in [0.29, 0.717) is 40.1 Å². The predicted octanol–water partition coefficient (Wildman–Crippen LogP) is 3.80. The van der Waals surface area contributed by atoms with Gasteiger partial charge in [-0.25, -0.2) is 8.42 Å². The van der Waals surface area contributed by atoms with Crippen LogP contribution in [0.5, 0.6) is 11.5 Å². The Kier molecular flexibility index (Phi) is 6.58. The van der Waals surface area contributed by atoms with Crippen molar-refractivity contribution in [1.29, 1.82) is 0 Å². The molecule has 1 amide bonds. The van der Waals surface area contributed by atoms with Crippen LogP contribution in [0.1, 0.15) is 12.8 Å². The van der Waals surface area contributed by atoms with Crippen LogP contribution in [0.15, 0.2) is 41.3 Å². The fraction of sp³-hybridized carbons (Fsp3) is 0.316. The third kappa shape index (κ3) is 4.45. The van der Waals surface area contributed by atoms with E-state index in [1.54, 1.807) is 12.1 Å². The molecule has 1 fully saturated rings. The van der Waals surface area contributed by atoms with Gasteiger partial charge < -0.3 is 14.8 Å². The van der Waals surface area contributed by atoms with E-state index in [9.17, 15) is 13.2 Å². The van der Waals surface area contributed by atoms with Crippen LogP contribution in [0.2, 0.25) is 10.0 Å². The Morgan fingerprint density at radius 3 is 2.45 bits per heavy atom. The van der Waals surface area contributed by atoms with Gasteiger partial charge in [0.1, 0.15) is 6.04 Å². The Morgan fingerprint density at radius 1 is 1.07 bits per heavy atom. The SMILES string of the molecule is COc1ccc(S(=O)(=O)N2CCCC2C(=O)Nc2ccc(Cl)c(Cl)c2)cc1OC. The highest BCUT2D eigenvalue weighted by Crippen LogP contribution is 2.33. The second-order valence-electron chi connectivity index (χ2n) is 6.41. The van der Waals surface area contributed by atoms with Crippen LogP contribution in [-0.4, -0.2) is 45.4 Å². The van der Waals surface area contributed by atoms with E-state index < -0.39 is 22.0 Å². The fourth-order valence-corrected chi connectivity index (χ4v) is 5.17. The number of amides is 1. The molecule has 0 saturated carbocycles. The Bertz CT molecular complexity index is 1030. The molecule has 0 radical (unpaired) electrons. The average Bonchev–Trinajstić information content (AvgIpc) is 3.21. The van der Waals surface area contributed by atoms with Crippen LogP contribution >= 0.6 is 23.2 Å². The molecule has 2 aromatic rings. The standard InChI is InChI=1S/C19H20Cl2N2O5S/c1-27-17-8-6-13(11-18(17)28-2)29(25,26)23-9-3-4-16(23)19(24)22-12-5-7-14(20)15(21)10-12/h5-8,10-11,16H,3-4,9H2,1-2H3,(H,22,24). The summed E-state index contributed by atoms with van der Waals surface area (Å²) in [5.74, 6) is 0.288. The Labute approximate surface area is 179 Å². The topological polar surface area (TPSA) is 84.9 Å². The molecule has 1 heterocycles. The number of hydrogen-bond acceptors (Lipinski definition) is 5. The lowest BCUT2D eigenvalue weighted by molar-refractivity contribution is -0.119. The van der Waals surface area contributed by atoms with Gasteiger partial charge in [0.25, 0.3) is 0 Å². The Hall–Kier alpha value is -2.00. The van der Waals surface area contributed by atoms with Gasteiger partial charge in [-0.05, 0) is 43.2 Å². The van der Waals surface area contributed by atoms with E-state index in [1.165, 1.54) is 42.8 Å². The molecule has 1 aliphatic rings. The predicted molar refractivity (Wildman–Crippen MR) is 112 cm³/mol. The number of rotatable bonds is 6. The Morgan fingerprint density at radius 2 is 1.79 bits per heavy atom. The average molecular weight is 459 g/mol. The molecule has 7 nitrogen and oxygen atoms in total. The van der Waals surface area contributed by atoms with E-state index in [-0.39, 0.29) is 11.4 Å². The zero-order valence-corrected chi connectivity index (χ0v) is 18.1. The maximum absolute atomic E-state index is 13.2. The minimum Gasteiger partial charge on any atom is -0.493 e. The van der Waals surface area contributed by atoms with Gasteiger partial charge in [0.2, 0.25) is 15.9 Å². The first kappa shape index (κ1) is 21.7. The third-order valence-electron chi connectivity index (χ3n) is 4.66. The normalized spacial score (nSPS) is 17.2. The summed E-state index contributed by atoms with van der Waals surface area (Å²) in [6.45, 7) is 0.246. The third-order valence-corrected chi connectivity index (χ3v) is 7.30. The first-order valence-corrected chi connectivity index (χ1v) is 11.0. The van der Waals surface area contributed by atoms with Gasteiger partial charge in [0.05, 0.1) is 29.2 Å². The molecule has 0 bridgehead atoms. The van der Waals surface area contributed by atoms with Crippen LogP contribution in [0, 0.1) is 0 Å². The van der Waals surface area contributed by atoms with E-state index in [1.807, 2.05) is 0 Å². The maximum atomic E-state index is 13.2. The Balaban J connectivity index is 1.85. The van der Waals surface area contributed by atoms with Crippen molar-refractivity contribution >= 4 is 44.8 Å². The molecular formula is C19H20Cl2N2O5S. The lowest BCUT2D eigenvalue weighted by Crippen LogP contribution is -2.43. The molecule has 0 aromatic heterocycles. The molecule has 1 N–H and O–H groups in total. The van der Waals surface area contributed by atoms with Gasteiger partial charge in [0.15, 0.2) is 11.5 Å². The number of methoxy groups -OCH3 is 2. The van der Waals surface area contributed by atoms with Crippen LogP contribution in [0.3, 0.4) is 0 Å². The number of sulfonamides is 1. The molecule has 1 saturated heterocycles. The highest BCUT2D eigenvalue weighted by Gasteiger charge is 2.39. The summed E-state index contributed by atoms with van der Waals surface area (Å²) >= 11 is 11.9. The molecule has 10 heteroatoms. The number of carbonyl (C=O) groups is 1. The lowest BCUT2D eigenvalue weighted by atomic mass is 10.2. The van der Waals surface area contributed by atoms with Crippen LogP contribution < -0.4 is 14.8 Å². The van der Waals surface area contributed by atoms with Crippen molar-refractivity contribution in [3.8, 4) is 11.5 Å². The first-order valence-electron chi connectivity index (χ1n) is 8.77. The number of carbonyl (C=O) groups excluding carboxylic acids is 1. The molecule has 0 aliphatic carbocycles. The van der Waals surface area contributed by atoms with Gasteiger partial charge in [-0.1, -0.05) is 23.2 Å². The van der Waals surface area contributed by atoms with Gasteiger partial charge in [-0.2, -0.15) is 4.31 Å². The number of halogens is 2. The van der Waals surface area contributed by atoms with E-state index in [2.05, 4.69) is 5.32 Å². The number of nitrogens with one attached hydrogen (secondary N) is 1. The summed E-state index contributed by atoms with van der Waals surface area (Å²) in [6.07, 6.45) is 0.992. The van der Waals surface area contributed by atoms with Crippen LogP contribution in [-0.2, 0) is 14.8 Å². The molecule has 2 aromatic carbocycles. The second-order valence-corrected chi connectivity index (χ2v) is 9.11. The largest absolute Gasteiger partial charge is 0.493 e. The summed E-state index contributed by atoms with van der Waals surface area (Å²) in [7, 11) is -1.01. The number of hydrogen-bond donors (Lipinski definition) is 1. The summed E-state index contributed by atoms with van der Waals surface area (Å²) in [4.78, 5) is 12.8. The molecule has 1 unspecified atom stereocenters. The van der Waals surface area contributed by atoms with Crippen molar-refractivity contribution in [3.63, 3.8) is 0 Å². The maximum Gasteiger partial charge on any atom is 0.243 e. The number of ether oxygens (including phenoxy) is 2. The summed E-state index contributed by atoms with van der Waals surface area (Å²) in [5.41, 5.74) is 0.444. The molecular weight excluding hydrogens is 439 g/mol. The highest BCUT2D eigenvalue weighted by atomic mass is 35.5. The number of anilines is 1. The van der Waals surface area contributed by atoms with Crippen molar-refractivity contribution in [2.75, 3.05) is 26.1 Å². The monoisotopic (exact) mass is 458 g/mol. The van der Waals surface area contributed by atoms with Crippen molar-refractivity contribution in [1.82, 2.24) is 4.31 Å². The summed E-state index contributed by atoms with van der Waals surface area (Å²) in [6, 6.07) is 8.20. The van der Waals surface area contributed by atoms with Crippen molar-refractivity contribution < 1.29 is 22.7 Å². The van der Waals surface area contributed by atoms with Crippen LogP contribution in [0.4, 0.5) is 5.69 Å². The zero-order valence-electron chi connectivity index (χ0n) is 15.8. The van der Waals surface area contributed by atoms with Crippen molar-refractivity contribution in [2.24, 2.45) is 0 Å². The van der Waals surface area contributed by atoms with Gasteiger partial charge in [-0.15, -0.1) is 0 Å². The molecule has 3 rings (SSSR count). The van der Waals surface area contributed by atoms with E-state index in [0.717, 1.165) is 0 Å². The number of nitrogens with zero attached hydrogens (tertiary/aromatic N) is 1. The van der Waals surface area contributed by atoms with Gasteiger partial charge in [-0.3, -0.25) is 4.79 Å². The van der Waals surface area contributed by atoms with E-state index in [4.69, 9.17) is 32.7 Å². The van der Waals surface area contributed by atoms with Crippen molar-refractivity contribution in [3.05, 3.63) is 46.4 Å². The minimum atomic E-state index is -3.91. The summed E-state index contributed by atoms with van der Waals surface area (Å²) in [5, 5.41) is 3.37. The lowest BCUT2D eigenvalue weighted by Gasteiger charge is -2.24. The van der Waals surface area contributed by atoms with E-state index >= 15 is 0 Å². The summed E-state index contributed by atoms with van der Waals surface area (Å²) < 4.78 is 37.9.